The van der Waals surface area contributed by atoms with E-state index in [1.165, 1.54) is 0 Å². The molecular weight excluding hydrogens is 188 g/mol. The lowest BCUT2D eigenvalue weighted by Crippen LogP contribution is -2.26. The van der Waals surface area contributed by atoms with Gasteiger partial charge in [0.25, 0.3) is 0 Å². The van der Waals surface area contributed by atoms with Crippen LogP contribution in [0.25, 0.3) is 0 Å². The Balaban J connectivity index is 2.61. The number of rotatable bonds is 5. The second-order valence-corrected chi connectivity index (χ2v) is 4.50. The maximum atomic E-state index is 10.0. The number of nitrogens with zero attached hydrogens (tertiary/aromatic N) is 2. The van der Waals surface area contributed by atoms with Gasteiger partial charge in [-0.2, -0.15) is 0 Å². The molecule has 0 amide bonds. The predicted octanol–water partition coefficient (Wildman–Crippen LogP) is 2.10. The number of hydrogen-bond acceptors (Lipinski definition) is 2. The van der Waals surface area contributed by atoms with Crippen molar-refractivity contribution in [1.29, 1.82) is 0 Å². The molecule has 0 spiro atoms. The van der Waals surface area contributed by atoms with Gasteiger partial charge < -0.3 is 9.67 Å². The zero-order valence-electron chi connectivity index (χ0n) is 10.1. The molecule has 0 fully saturated rings. The van der Waals surface area contributed by atoms with Gasteiger partial charge >= 0.3 is 0 Å². The minimum Gasteiger partial charge on any atom is -0.392 e. The lowest BCUT2D eigenvalue weighted by molar-refractivity contribution is 0.0895. The summed E-state index contributed by atoms with van der Waals surface area (Å²) in [5.74, 6) is 1.80. The molecule has 2 atom stereocenters. The van der Waals surface area contributed by atoms with Crippen LogP contribution in [0.3, 0.4) is 0 Å². The molecule has 1 rings (SSSR count). The van der Waals surface area contributed by atoms with Gasteiger partial charge in [-0.25, -0.2) is 4.98 Å². The molecule has 0 bridgehead atoms. The van der Waals surface area contributed by atoms with E-state index in [1.807, 2.05) is 6.20 Å². The molecule has 0 aliphatic rings. The van der Waals surface area contributed by atoms with Crippen LogP contribution in [0, 0.1) is 11.8 Å². The maximum Gasteiger partial charge on any atom is 0.111 e. The summed E-state index contributed by atoms with van der Waals surface area (Å²) < 4.78 is 2.08. The zero-order chi connectivity index (χ0) is 11.4. The van der Waals surface area contributed by atoms with Crippen molar-refractivity contribution in [2.75, 3.05) is 0 Å². The van der Waals surface area contributed by atoms with Gasteiger partial charge in [-0.3, -0.25) is 0 Å². The smallest absolute Gasteiger partial charge is 0.111 e. The molecule has 1 aromatic heterocycles. The van der Waals surface area contributed by atoms with Gasteiger partial charge in [0.2, 0.25) is 0 Å². The summed E-state index contributed by atoms with van der Waals surface area (Å²) in [5.41, 5.74) is 0. The van der Waals surface area contributed by atoms with Gasteiger partial charge in [0.15, 0.2) is 0 Å². The van der Waals surface area contributed by atoms with E-state index in [9.17, 15) is 5.11 Å². The predicted molar refractivity (Wildman–Crippen MR) is 61.6 cm³/mol. The Kier molecular flexibility index (Phi) is 4.33. The van der Waals surface area contributed by atoms with Crippen LogP contribution in [-0.4, -0.2) is 20.8 Å². The SMILES string of the molecule is CCn1ccnc1CC(O)C(C)C(C)C. The minimum atomic E-state index is -0.294. The summed E-state index contributed by atoms with van der Waals surface area (Å²) in [6, 6.07) is 0. The first-order chi connectivity index (χ1) is 7.06. The van der Waals surface area contributed by atoms with E-state index in [2.05, 4.69) is 37.2 Å². The van der Waals surface area contributed by atoms with Gasteiger partial charge in [0.1, 0.15) is 5.82 Å². The van der Waals surface area contributed by atoms with E-state index in [0.29, 0.717) is 18.3 Å². The monoisotopic (exact) mass is 210 g/mol. The standard InChI is InChI=1S/C12H22N2O/c1-5-14-7-6-13-12(14)8-11(15)10(4)9(2)3/h6-7,9-11,15H,5,8H2,1-4H3. The summed E-state index contributed by atoms with van der Waals surface area (Å²) in [6.45, 7) is 9.37. The number of imidazole rings is 1. The number of aromatic nitrogens is 2. The Morgan fingerprint density at radius 3 is 2.60 bits per heavy atom. The molecular formula is C12H22N2O. The van der Waals surface area contributed by atoms with Crippen molar-refractivity contribution < 1.29 is 5.11 Å². The molecule has 1 N–H and O–H groups in total. The average Bonchev–Trinajstić information content (AvgIpc) is 2.63. The summed E-state index contributed by atoms with van der Waals surface area (Å²) in [6.07, 6.45) is 4.12. The average molecular weight is 210 g/mol. The number of aliphatic hydroxyl groups is 1. The lowest BCUT2D eigenvalue weighted by Gasteiger charge is -2.22. The zero-order valence-corrected chi connectivity index (χ0v) is 10.1. The third kappa shape index (κ3) is 3.06. The number of aliphatic hydroxyl groups excluding tert-OH is 1. The topological polar surface area (TPSA) is 38.0 Å². The van der Waals surface area contributed by atoms with E-state index in [-0.39, 0.29) is 6.10 Å². The first-order valence-corrected chi connectivity index (χ1v) is 5.74. The third-order valence-corrected chi connectivity index (χ3v) is 3.19. The molecule has 2 unspecified atom stereocenters. The van der Waals surface area contributed by atoms with Crippen LogP contribution in [0.1, 0.15) is 33.5 Å². The van der Waals surface area contributed by atoms with E-state index >= 15 is 0 Å². The fraction of sp³-hybridized carbons (Fsp3) is 0.750. The molecule has 0 aliphatic heterocycles. The molecule has 86 valence electrons. The fourth-order valence-corrected chi connectivity index (χ4v) is 1.64. The van der Waals surface area contributed by atoms with Crippen LogP contribution in [-0.2, 0) is 13.0 Å². The van der Waals surface area contributed by atoms with Crippen LogP contribution in [0.15, 0.2) is 12.4 Å². The van der Waals surface area contributed by atoms with Crippen molar-refractivity contribution in [3.63, 3.8) is 0 Å². The Bertz CT molecular complexity index is 294. The van der Waals surface area contributed by atoms with Crippen molar-refractivity contribution in [3.05, 3.63) is 18.2 Å². The third-order valence-electron chi connectivity index (χ3n) is 3.19. The van der Waals surface area contributed by atoms with Crippen molar-refractivity contribution in [3.8, 4) is 0 Å². The highest BCUT2D eigenvalue weighted by Gasteiger charge is 2.19. The van der Waals surface area contributed by atoms with E-state index in [1.54, 1.807) is 6.20 Å². The van der Waals surface area contributed by atoms with E-state index in [4.69, 9.17) is 0 Å². The molecule has 0 saturated heterocycles. The highest BCUT2D eigenvalue weighted by atomic mass is 16.3. The van der Waals surface area contributed by atoms with Crippen molar-refractivity contribution >= 4 is 0 Å². The minimum absolute atomic E-state index is 0.294. The van der Waals surface area contributed by atoms with Crippen molar-refractivity contribution in [2.45, 2.75) is 46.8 Å². The van der Waals surface area contributed by atoms with Gasteiger partial charge in [0.05, 0.1) is 6.10 Å². The molecule has 0 aliphatic carbocycles. The summed E-state index contributed by atoms with van der Waals surface area (Å²) in [7, 11) is 0. The molecule has 3 nitrogen and oxygen atoms in total. The lowest BCUT2D eigenvalue weighted by atomic mass is 9.90. The van der Waals surface area contributed by atoms with Crippen LogP contribution in [0.4, 0.5) is 0 Å². The van der Waals surface area contributed by atoms with Crippen LogP contribution >= 0.6 is 0 Å². The fourth-order valence-electron chi connectivity index (χ4n) is 1.64. The molecule has 15 heavy (non-hydrogen) atoms. The van der Waals surface area contributed by atoms with E-state index in [0.717, 1.165) is 12.4 Å². The Morgan fingerprint density at radius 1 is 1.40 bits per heavy atom. The molecule has 3 heteroatoms. The van der Waals surface area contributed by atoms with Crippen molar-refractivity contribution in [2.24, 2.45) is 11.8 Å². The summed E-state index contributed by atoms with van der Waals surface area (Å²) >= 11 is 0. The molecule has 0 aromatic carbocycles. The summed E-state index contributed by atoms with van der Waals surface area (Å²) in [4.78, 5) is 4.27. The second-order valence-electron chi connectivity index (χ2n) is 4.50. The highest BCUT2D eigenvalue weighted by Crippen LogP contribution is 2.17. The largest absolute Gasteiger partial charge is 0.392 e. The van der Waals surface area contributed by atoms with Crippen molar-refractivity contribution in [1.82, 2.24) is 9.55 Å². The molecule has 1 aromatic rings. The van der Waals surface area contributed by atoms with Gasteiger partial charge in [-0.15, -0.1) is 0 Å². The van der Waals surface area contributed by atoms with Crippen LogP contribution in [0.5, 0.6) is 0 Å². The van der Waals surface area contributed by atoms with Gasteiger partial charge in [-0.1, -0.05) is 20.8 Å². The van der Waals surface area contributed by atoms with Crippen LogP contribution in [0.2, 0.25) is 0 Å². The highest BCUT2D eigenvalue weighted by molar-refractivity contribution is 4.94. The van der Waals surface area contributed by atoms with Crippen LogP contribution < -0.4 is 0 Å². The van der Waals surface area contributed by atoms with E-state index < -0.39 is 0 Å². The first kappa shape index (κ1) is 12.2. The number of hydrogen-bond donors (Lipinski definition) is 1. The first-order valence-electron chi connectivity index (χ1n) is 5.74. The Labute approximate surface area is 92.1 Å². The second kappa shape index (κ2) is 5.31. The number of aryl methyl sites for hydroxylation is 1. The quantitative estimate of drug-likeness (QED) is 0.808. The van der Waals surface area contributed by atoms with Gasteiger partial charge in [-0.05, 0) is 18.8 Å². The molecule has 0 saturated carbocycles. The Hall–Kier alpha value is -0.830. The van der Waals surface area contributed by atoms with Gasteiger partial charge in [0, 0.05) is 25.4 Å². The Morgan fingerprint density at radius 2 is 2.07 bits per heavy atom. The normalized spacial score (nSPS) is 15.6. The molecule has 1 heterocycles. The maximum absolute atomic E-state index is 10.0. The summed E-state index contributed by atoms with van der Waals surface area (Å²) in [5, 5.41) is 10.0. The molecule has 0 radical (unpaired) electrons.